The average Bonchev–Trinajstić information content (AvgIpc) is 2.72. The SMILES string of the molecule is CN1c2ccc(F)cc2C(c2ccccc2)Nc2c(Cl)ncnc21. The van der Waals surface area contributed by atoms with Crippen LogP contribution in [0.4, 0.5) is 21.6 Å². The summed E-state index contributed by atoms with van der Waals surface area (Å²) in [6.07, 6.45) is 1.42. The highest BCUT2D eigenvalue weighted by Crippen LogP contribution is 2.44. The summed E-state index contributed by atoms with van der Waals surface area (Å²) >= 11 is 6.29. The molecule has 0 saturated carbocycles. The Morgan fingerprint density at radius 3 is 2.71 bits per heavy atom. The van der Waals surface area contributed by atoms with Crippen LogP contribution in [-0.4, -0.2) is 17.0 Å². The van der Waals surface area contributed by atoms with E-state index in [2.05, 4.69) is 15.3 Å². The zero-order valence-corrected chi connectivity index (χ0v) is 13.6. The summed E-state index contributed by atoms with van der Waals surface area (Å²) in [7, 11) is 1.88. The fraction of sp³-hybridized carbons (Fsp3) is 0.111. The van der Waals surface area contributed by atoms with E-state index >= 15 is 0 Å². The van der Waals surface area contributed by atoms with Crippen LogP contribution in [0, 0.1) is 5.82 Å². The molecule has 24 heavy (non-hydrogen) atoms. The molecule has 0 radical (unpaired) electrons. The number of hydrogen-bond acceptors (Lipinski definition) is 4. The second kappa shape index (κ2) is 5.76. The fourth-order valence-corrected chi connectivity index (χ4v) is 3.22. The Morgan fingerprint density at radius 2 is 1.92 bits per heavy atom. The van der Waals surface area contributed by atoms with Crippen molar-refractivity contribution in [2.45, 2.75) is 6.04 Å². The third kappa shape index (κ3) is 2.37. The van der Waals surface area contributed by atoms with Gasteiger partial charge in [-0.3, -0.25) is 0 Å². The van der Waals surface area contributed by atoms with Gasteiger partial charge < -0.3 is 10.2 Å². The van der Waals surface area contributed by atoms with Crippen LogP contribution < -0.4 is 10.2 Å². The zero-order valence-electron chi connectivity index (χ0n) is 12.9. The topological polar surface area (TPSA) is 41.0 Å². The normalized spacial score (nSPS) is 16.0. The molecule has 1 unspecified atom stereocenters. The predicted octanol–water partition coefficient (Wildman–Crippen LogP) is 4.55. The Labute approximate surface area is 143 Å². The molecule has 0 saturated heterocycles. The number of rotatable bonds is 1. The van der Waals surface area contributed by atoms with Gasteiger partial charge in [0.1, 0.15) is 17.8 Å². The molecule has 0 fully saturated rings. The molecular formula is C18H14ClFN4. The van der Waals surface area contributed by atoms with Gasteiger partial charge in [0.05, 0.1) is 6.04 Å². The number of anilines is 3. The van der Waals surface area contributed by atoms with Crippen LogP contribution >= 0.6 is 11.6 Å². The molecule has 3 aromatic rings. The van der Waals surface area contributed by atoms with Crippen molar-refractivity contribution in [1.82, 2.24) is 9.97 Å². The Morgan fingerprint density at radius 1 is 1.12 bits per heavy atom. The fourth-order valence-electron chi connectivity index (χ4n) is 3.04. The number of fused-ring (bicyclic) bond motifs is 2. The van der Waals surface area contributed by atoms with Crippen molar-refractivity contribution in [1.29, 1.82) is 0 Å². The summed E-state index contributed by atoms with van der Waals surface area (Å²) in [6.45, 7) is 0. The van der Waals surface area contributed by atoms with E-state index in [9.17, 15) is 4.39 Å². The Hall–Kier alpha value is -2.66. The molecule has 1 aromatic heterocycles. The van der Waals surface area contributed by atoms with Crippen molar-refractivity contribution in [3.8, 4) is 0 Å². The maximum atomic E-state index is 14.0. The van der Waals surface area contributed by atoms with Crippen LogP contribution in [0.15, 0.2) is 54.9 Å². The van der Waals surface area contributed by atoms with Gasteiger partial charge in [0.15, 0.2) is 11.0 Å². The van der Waals surface area contributed by atoms with E-state index in [0.717, 1.165) is 16.8 Å². The molecule has 120 valence electrons. The Balaban J connectivity index is 1.99. The second-order valence-electron chi connectivity index (χ2n) is 5.61. The van der Waals surface area contributed by atoms with Crippen LogP contribution in [0.2, 0.25) is 5.15 Å². The van der Waals surface area contributed by atoms with Gasteiger partial charge in [-0.1, -0.05) is 41.9 Å². The lowest BCUT2D eigenvalue weighted by Gasteiger charge is -2.21. The number of nitrogens with zero attached hydrogens (tertiary/aromatic N) is 3. The molecule has 2 aromatic carbocycles. The molecule has 0 bridgehead atoms. The molecule has 2 heterocycles. The zero-order chi connectivity index (χ0) is 16.7. The first-order chi connectivity index (χ1) is 11.6. The largest absolute Gasteiger partial charge is 0.369 e. The van der Waals surface area contributed by atoms with Crippen molar-refractivity contribution in [2.24, 2.45) is 0 Å². The third-order valence-corrected chi connectivity index (χ3v) is 4.47. The number of halogens is 2. The quantitative estimate of drug-likeness (QED) is 0.660. The van der Waals surface area contributed by atoms with Crippen LogP contribution in [-0.2, 0) is 0 Å². The first kappa shape index (κ1) is 14.9. The minimum atomic E-state index is -0.284. The molecule has 4 nitrogen and oxygen atoms in total. The van der Waals surface area contributed by atoms with Crippen molar-refractivity contribution in [2.75, 3.05) is 17.3 Å². The van der Waals surface area contributed by atoms with Gasteiger partial charge in [-0.2, -0.15) is 0 Å². The summed E-state index contributed by atoms with van der Waals surface area (Å²) in [5.41, 5.74) is 3.32. The van der Waals surface area contributed by atoms with Crippen molar-refractivity contribution in [3.63, 3.8) is 0 Å². The molecule has 0 spiro atoms. The van der Waals surface area contributed by atoms with Gasteiger partial charge in [-0.15, -0.1) is 0 Å². The molecule has 1 N–H and O–H groups in total. The van der Waals surface area contributed by atoms with Crippen molar-refractivity contribution >= 4 is 28.8 Å². The Kier molecular flexibility index (Phi) is 3.58. The molecule has 4 rings (SSSR count). The predicted molar refractivity (Wildman–Crippen MR) is 93.4 cm³/mol. The summed E-state index contributed by atoms with van der Waals surface area (Å²) < 4.78 is 14.0. The summed E-state index contributed by atoms with van der Waals surface area (Å²) in [5, 5.41) is 3.73. The molecule has 0 aliphatic carbocycles. The van der Waals surface area contributed by atoms with Gasteiger partial charge >= 0.3 is 0 Å². The first-order valence-electron chi connectivity index (χ1n) is 7.50. The first-order valence-corrected chi connectivity index (χ1v) is 7.88. The molecule has 1 atom stereocenters. The maximum absolute atomic E-state index is 14.0. The highest BCUT2D eigenvalue weighted by Gasteiger charge is 2.28. The second-order valence-corrected chi connectivity index (χ2v) is 5.97. The smallest absolute Gasteiger partial charge is 0.161 e. The van der Waals surface area contributed by atoms with Crippen LogP contribution in [0.1, 0.15) is 17.2 Å². The van der Waals surface area contributed by atoms with Crippen LogP contribution in [0.3, 0.4) is 0 Å². The minimum absolute atomic E-state index is 0.260. The van der Waals surface area contributed by atoms with E-state index in [1.807, 2.05) is 42.3 Å². The van der Waals surface area contributed by atoms with E-state index < -0.39 is 0 Å². The van der Waals surface area contributed by atoms with Gasteiger partial charge in [-0.05, 0) is 23.8 Å². The monoisotopic (exact) mass is 340 g/mol. The lowest BCUT2D eigenvalue weighted by Crippen LogP contribution is -2.13. The van der Waals surface area contributed by atoms with Crippen LogP contribution in [0.5, 0.6) is 0 Å². The molecule has 0 amide bonds. The van der Waals surface area contributed by atoms with E-state index in [-0.39, 0.29) is 11.9 Å². The lowest BCUT2D eigenvalue weighted by molar-refractivity contribution is 0.624. The van der Waals surface area contributed by atoms with E-state index in [0.29, 0.717) is 16.7 Å². The number of nitrogens with one attached hydrogen (secondary N) is 1. The highest BCUT2D eigenvalue weighted by molar-refractivity contribution is 6.32. The van der Waals surface area contributed by atoms with Gasteiger partial charge in [0, 0.05) is 18.3 Å². The summed E-state index contributed by atoms with van der Waals surface area (Å²) in [5.74, 6) is 0.370. The number of hydrogen-bond donors (Lipinski definition) is 1. The Bertz CT molecular complexity index is 901. The lowest BCUT2D eigenvalue weighted by atomic mass is 9.97. The molecule has 1 aliphatic heterocycles. The summed E-state index contributed by atoms with van der Waals surface area (Å²) in [4.78, 5) is 10.3. The maximum Gasteiger partial charge on any atom is 0.161 e. The molecule has 1 aliphatic rings. The van der Waals surface area contributed by atoms with Crippen molar-refractivity contribution in [3.05, 3.63) is 77.0 Å². The third-order valence-electron chi connectivity index (χ3n) is 4.18. The summed E-state index contributed by atoms with van der Waals surface area (Å²) in [6, 6.07) is 14.3. The average molecular weight is 341 g/mol. The minimum Gasteiger partial charge on any atom is -0.369 e. The number of aromatic nitrogens is 2. The molecule has 6 heteroatoms. The van der Waals surface area contributed by atoms with Crippen molar-refractivity contribution < 1.29 is 4.39 Å². The van der Waals surface area contributed by atoms with Gasteiger partial charge in [-0.25, -0.2) is 14.4 Å². The van der Waals surface area contributed by atoms with E-state index in [1.54, 1.807) is 12.1 Å². The van der Waals surface area contributed by atoms with Crippen LogP contribution in [0.25, 0.3) is 0 Å². The molecular weight excluding hydrogens is 327 g/mol. The standard InChI is InChI=1S/C18H14ClFN4/c1-24-14-8-7-12(20)9-13(14)15(11-5-3-2-4-6-11)23-16-17(19)21-10-22-18(16)24/h2-10,15,23H,1H3. The number of benzene rings is 2. The van der Waals surface area contributed by atoms with E-state index in [4.69, 9.17) is 11.6 Å². The van der Waals surface area contributed by atoms with Gasteiger partial charge in [0.25, 0.3) is 0 Å². The van der Waals surface area contributed by atoms with E-state index in [1.165, 1.54) is 12.4 Å². The van der Waals surface area contributed by atoms with Gasteiger partial charge in [0.2, 0.25) is 0 Å². The highest BCUT2D eigenvalue weighted by atomic mass is 35.5.